The molecule has 2 heterocycles. The second-order valence-corrected chi connectivity index (χ2v) is 7.95. The van der Waals surface area contributed by atoms with Crippen molar-refractivity contribution in [1.82, 2.24) is 19.7 Å². The lowest BCUT2D eigenvalue weighted by Crippen LogP contribution is -2.25. The minimum Gasteiger partial charge on any atom is -0.367 e. The quantitative estimate of drug-likeness (QED) is 0.629. The third-order valence-corrected chi connectivity index (χ3v) is 4.88. The molecule has 6 heteroatoms. The van der Waals surface area contributed by atoms with Crippen molar-refractivity contribution in [1.29, 1.82) is 0 Å². The average Bonchev–Trinajstić information content (AvgIpc) is 3.42. The summed E-state index contributed by atoms with van der Waals surface area (Å²) in [5.74, 6) is 1.28. The second-order valence-electron chi connectivity index (χ2n) is 7.95. The number of hydrogen-bond acceptors (Lipinski definition) is 4. The van der Waals surface area contributed by atoms with E-state index >= 15 is 0 Å². The van der Waals surface area contributed by atoms with Gasteiger partial charge in [-0.1, -0.05) is 32.1 Å². The highest BCUT2D eigenvalue weighted by Crippen LogP contribution is 2.26. The SMILES string of the molecule is CC=Cc1cn2c(-c3ccc(C(=O)NC4CC4)cc3)cnc2c(NCC(C)C)n1. The van der Waals surface area contributed by atoms with Gasteiger partial charge in [-0.2, -0.15) is 0 Å². The van der Waals surface area contributed by atoms with E-state index in [4.69, 9.17) is 4.98 Å². The summed E-state index contributed by atoms with van der Waals surface area (Å²) in [5.41, 5.74) is 4.32. The molecule has 0 unspecified atom stereocenters. The Bertz CT molecular complexity index is 1050. The van der Waals surface area contributed by atoms with E-state index in [1.807, 2.05) is 55.7 Å². The zero-order valence-electron chi connectivity index (χ0n) is 17.1. The Hall–Kier alpha value is -3.15. The smallest absolute Gasteiger partial charge is 0.251 e. The van der Waals surface area contributed by atoms with Crippen LogP contribution in [0.2, 0.25) is 0 Å². The number of aromatic nitrogens is 3. The van der Waals surface area contributed by atoms with E-state index in [1.54, 1.807) is 0 Å². The van der Waals surface area contributed by atoms with E-state index in [2.05, 4.69) is 33.9 Å². The lowest BCUT2D eigenvalue weighted by Gasteiger charge is -2.11. The van der Waals surface area contributed by atoms with E-state index in [-0.39, 0.29) is 5.91 Å². The Morgan fingerprint density at radius 3 is 2.69 bits per heavy atom. The molecule has 1 fully saturated rings. The average molecular weight is 390 g/mol. The predicted octanol–water partition coefficient (Wildman–Crippen LogP) is 4.39. The van der Waals surface area contributed by atoms with Crippen LogP contribution in [0.15, 0.2) is 42.7 Å². The van der Waals surface area contributed by atoms with Crippen LogP contribution >= 0.6 is 0 Å². The summed E-state index contributed by atoms with van der Waals surface area (Å²) in [6.45, 7) is 7.14. The molecule has 4 rings (SSSR count). The monoisotopic (exact) mass is 389 g/mol. The molecule has 0 saturated heterocycles. The summed E-state index contributed by atoms with van der Waals surface area (Å²) in [5, 5.41) is 6.44. The maximum Gasteiger partial charge on any atom is 0.251 e. The fourth-order valence-electron chi connectivity index (χ4n) is 3.18. The van der Waals surface area contributed by atoms with Crippen molar-refractivity contribution in [3.05, 3.63) is 54.0 Å². The van der Waals surface area contributed by atoms with Crippen LogP contribution in [0, 0.1) is 5.92 Å². The van der Waals surface area contributed by atoms with E-state index in [0.29, 0.717) is 17.5 Å². The number of nitrogens with zero attached hydrogens (tertiary/aromatic N) is 3. The van der Waals surface area contributed by atoms with Crippen LogP contribution in [0.4, 0.5) is 5.82 Å². The molecule has 1 amide bonds. The molecule has 0 aliphatic heterocycles. The van der Waals surface area contributed by atoms with Gasteiger partial charge in [-0.15, -0.1) is 0 Å². The molecule has 1 aliphatic carbocycles. The lowest BCUT2D eigenvalue weighted by molar-refractivity contribution is 0.0951. The molecule has 0 spiro atoms. The van der Waals surface area contributed by atoms with E-state index in [1.165, 1.54) is 0 Å². The Balaban J connectivity index is 1.68. The zero-order valence-corrected chi connectivity index (χ0v) is 17.1. The Kier molecular flexibility index (Phi) is 5.34. The van der Waals surface area contributed by atoms with Gasteiger partial charge in [-0.3, -0.25) is 9.20 Å². The number of allylic oxidation sites excluding steroid dienone is 1. The fourth-order valence-corrected chi connectivity index (χ4v) is 3.18. The largest absolute Gasteiger partial charge is 0.367 e. The molecule has 3 aromatic rings. The summed E-state index contributed by atoms with van der Waals surface area (Å²) in [4.78, 5) is 21.6. The highest BCUT2D eigenvalue weighted by molar-refractivity contribution is 5.95. The molecule has 0 atom stereocenters. The molecule has 1 aliphatic rings. The van der Waals surface area contributed by atoms with Crippen molar-refractivity contribution >= 4 is 23.4 Å². The number of imidazole rings is 1. The molecule has 2 N–H and O–H groups in total. The van der Waals surface area contributed by atoms with Crippen LogP contribution in [0.25, 0.3) is 23.0 Å². The minimum atomic E-state index is -0.00284. The van der Waals surface area contributed by atoms with Crippen LogP contribution in [-0.4, -0.2) is 32.9 Å². The van der Waals surface area contributed by atoms with Gasteiger partial charge in [-0.05, 0) is 43.9 Å². The first-order valence-corrected chi connectivity index (χ1v) is 10.2. The van der Waals surface area contributed by atoms with E-state index in [0.717, 1.165) is 47.8 Å². The van der Waals surface area contributed by atoms with Gasteiger partial charge in [0, 0.05) is 29.9 Å². The molecule has 2 aromatic heterocycles. The van der Waals surface area contributed by atoms with Crippen molar-refractivity contribution in [2.45, 2.75) is 39.7 Å². The number of anilines is 1. The van der Waals surface area contributed by atoms with Crippen molar-refractivity contribution in [3.8, 4) is 11.3 Å². The van der Waals surface area contributed by atoms with Crippen LogP contribution in [0.3, 0.4) is 0 Å². The number of amides is 1. The number of fused-ring (bicyclic) bond motifs is 1. The number of nitrogens with one attached hydrogen (secondary N) is 2. The fraction of sp³-hybridized carbons (Fsp3) is 0.348. The zero-order chi connectivity index (χ0) is 20.4. The van der Waals surface area contributed by atoms with Gasteiger partial charge >= 0.3 is 0 Å². The number of benzene rings is 1. The third-order valence-electron chi connectivity index (χ3n) is 4.88. The normalized spacial score (nSPS) is 14.1. The van der Waals surface area contributed by atoms with E-state index < -0.39 is 0 Å². The second kappa shape index (κ2) is 8.07. The van der Waals surface area contributed by atoms with Gasteiger partial charge in [0.05, 0.1) is 17.6 Å². The lowest BCUT2D eigenvalue weighted by atomic mass is 10.1. The first kappa shape index (κ1) is 19.2. The van der Waals surface area contributed by atoms with Crippen LogP contribution in [0.5, 0.6) is 0 Å². The molecule has 150 valence electrons. The van der Waals surface area contributed by atoms with Gasteiger partial charge in [-0.25, -0.2) is 9.97 Å². The molecule has 0 radical (unpaired) electrons. The topological polar surface area (TPSA) is 71.3 Å². The van der Waals surface area contributed by atoms with Gasteiger partial charge in [0.25, 0.3) is 5.91 Å². The Labute approximate surface area is 171 Å². The van der Waals surface area contributed by atoms with Crippen molar-refractivity contribution < 1.29 is 4.79 Å². The van der Waals surface area contributed by atoms with Crippen molar-refractivity contribution in [2.24, 2.45) is 5.92 Å². The Morgan fingerprint density at radius 1 is 1.28 bits per heavy atom. The highest BCUT2D eigenvalue weighted by Gasteiger charge is 2.23. The van der Waals surface area contributed by atoms with Gasteiger partial charge in [0.2, 0.25) is 0 Å². The minimum absolute atomic E-state index is 0.00284. The molecule has 1 saturated carbocycles. The van der Waals surface area contributed by atoms with E-state index in [9.17, 15) is 4.79 Å². The summed E-state index contributed by atoms with van der Waals surface area (Å²) < 4.78 is 2.06. The van der Waals surface area contributed by atoms with Crippen molar-refractivity contribution in [2.75, 3.05) is 11.9 Å². The van der Waals surface area contributed by atoms with Crippen LogP contribution in [0.1, 0.15) is 49.7 Å². The standard InChI is InChI=1S/C23H27N5O/c1-4-5-19-14-28-20(13-25-22(28)21(26-19)24-12-15(2)3)16-6-8-17(9-7-16)23(29)27-18-10-11-18/h4-9,13-15,18H,10-12H2,1-3H3,(H,24,26)(H,27,29). The van der Waals surface area contributed by atoms with Crippen molar-refractivity contribution in [3.63, 3.8) is 0 Å². The Morgan fingerprint density at radius 2 is 2.03 bits per heavy atom. The third kappa shape index (κ3) is 4.31. The molecule has 1 aromatic carbocycles. The number of carbonyl (C=O) groups excluding carboxylic acids is 1. The first-order valence-electron chi connectivity index (χ1n) is 10.2. The first-order chi connectivity index (χ1) is 14.0. The molecule has 6 nitrogen and oxygen atoms in total. The molecule has 0 bridgehead atoms. The molecular weight excluding hydrogens is 362 g/mol. The molecular formula is C23H27N5O. The highest BCUT2D eigenvalue weighted by atomic mass is 16.1. The summed E-state index contributed by atoms with van der Waals surface area (Å²) >= 11 is 0. The number of carbonyl (C=O) groups is 1. The van der Waals surface area contributed by atoms with Gasteiger partial charge in [0.15, 0.2) is 11.5 Å². The summed E-state index contributed by atoms with van der Waals surface area (Å²) in [6, 6.07) is 8.05. The summed E-state index contributed by atoms with van der Waals surface area (Å²) in [6.07, 6.45) is 9.98. The predicted molar refractivity (Wildman–Crippen MR) is 117 cm³/mol. The number of rotatable bonds is 7. The molecule has 29 heavy (non-hydrogen) atoms. The summed E-state index contributed by atoms with van der Waals surface area (Å²) in [7, 11) is 0. The number of hydrogen-bond donors (Lipinski definition) is 2. The maximum absolute atomic E-state index is 12.2. The van der Waals surface area contributed by atoms with Crippen LogP contribution < -0.4 is 10.6 Å². The van der Waals surface area contributed by atoms with Gasteiger partial charge < -0.3 is 10.6 Å². The van der Waals surface area contributed by atoms with Crippen LogP contribution in [-0.2, 0) is 0 Å². The maximum atomic E-state index is 12.2. The van der Waals surface area contributed by atoms with Gasteiger partial charge in [0.1, 0.15) is 0 Å².